The molecule has 3 fully saturated rings. The van der Waals surface area contributed by atoms with Crippen LogP contribution in [0.1, 0.15) is 96.6 Å². The largest absolute Gasteiger partial charge is 0.208 e. The summed E-state index contributed by atoms with van der Waals surface area (Å²) < 4.78 is 0. The maximum Gasteiger partial charge on any atom is 0.164 e. The molecule has 1 heterocycles. The zero-order chi connectivity index (χ0) is 54.9. The Morgan fingerprint density at radius 1 is 0.361 bits per heavy atom. The minimum atomic E-state index is -0.276. The first-order chi connectivity index (χ1) is 41.0. The molecule has 0 amide bonds. The zero-order valence-electron chi connectivity index (χ0n) is 46.9. The maximum atomic E-state index is 5.41. The summed E-state index contributed by atoms with van der Waals surface area (Å²) >= 11 is 0. The number of fused-ring (bicyclic) bond motifs is 13. The van der Waals surface area contributed by atoms with Crippen LogP contribution in [0, 0.1) is 12.8 Å². The van der Waals surface area contributed by atoms with Crippen LogP contribution in [0.2, 0.25) is 0 Å². The molecule has 6 unspecified atom stereocenters. The SMILES string of the molecule is Cc1ccccc1-c1ccccc1C12CCCC34CC(CC5CCC(C1)c1ccccc1-c1c(-c6ccc(-c7nc(-c8ccccc8)nc(-c8cc9ccccc9c9ccccc89)n7)cc6)cccc1C523)c1ccccc1-c1ccccc14. The molecule has 3 nitrogen and oxygen atoms in total. The van der Waals surface area contributed by atoms with Crippen molar-refractivity contribution in [1.29, 1.82) is 0 Å². The van der Waals surface area contributed by atoms with Crippen LogP contribution in [-0.4, -0.2) is 15.0 Å². The van der Waals surface area contributed by atoms with Gasteiger partial charge in [0, 0.05) is 32.9 Å². The van der Waals surface area contributed by atoms with Gasteiger partial charge < -0.3 is 0 Å². The second kappa shape index (κ2) is 18.7. The fraction of sp³-hybridized carbons (Fsp3) is 0.188. The van der Waals surface area contributed by atoms with Crippen molar-refractivity contribution in [2.75, 3.05) is 0 Å². The molecule has 0 saturated heterocycles. The van der Waals surface area contributed by atoms with Gasteiger partial charge in [-0.1, -0.05) is 249 Å². The van der Waals surface area contributed by atoms with Crippen molar-refractivity contribution in [3.8, 4) is 78.7 Å². The highest BCUT2D eigenvalue weighted by molar-refractivity contribution is 6.13. The molecule has 3 saturated carbocycles. The average molecular weight is 1070 g/mol. The normalized spacial score (nSPS) is 22.6. The third-order valence-electron chi connectivity index (χ3n) is 21.3. The Hall–Kier alpha value is -9.05. The number of rotatable bonds is 6. The van der Waals surface area contributed by atoms with E-state index in [1.54, 1.807) is 22.3 Å². The van der Waals surface area contributed by atoms with E-state index in [1.807, 2.05) is 0 Å². The summed E-state index contributed by atoms with van der Waals surface area (Å²) in [5.74, 6) is 3.23. The van der Waals surface area contributed by atoms with Crippen molar-refractivity contribution in [1.82, 2.24) is 15.0 Å². The topological polar surface area (TPSA) is 38.7 Å². The molecule has 0 radical (unpaired) electrons. The van der Waals surface area contributed by atoms with Gasteiger partial charge in [0.1, 0.15) is 0 Å². The zero-order valence-corrected chi connectivity index (χ0v) is 46.9. The quantitative estimate of drug-likeness (QED) is 0.156. The minimum absolute atomic E-state index is 0.172. The van der Waals surface area contributed by atoms with Crippen LogP contribution in [0.5, 0.6) is 0 Å². The highest BCUT2D eigenvalue weighted by atomic mass is 15.0. The summed E-state index contributed by atoms with van der Waals surface area (Å²) in [7, 11) is 0. The van der Waals surface area contributed by atoms with E-state index in [4.69, 9.17) is 15.0 Å². The minimum Gasteiger partial charge on any atom is -0.208 e. The van der Waals surface area contributed by atoms with Crippen molar-refractivity contribution in [2.24, 2.45) is 5.92 Å². The standard InChI is InChI=1S/C80H63N3/c1-51-21-5-7-25-59(51)67-32-15-17-36-71(67)78-45-20-46-79-50-57(62-28-9-11-30-65(62)68-33-16-18-37-72(68)79)47-58-44-43-56(49-78)61-27-10-14-34-69(61)74-63(35-19-38-73(74)80(58,78)79)52-39-41-54(42-40-52)76-81-75(53-22-3-2-4-23-53)82-77(83-76)70-48-55-24-6-8-26-60(55)64-29-12-13-31-66(64)70/h2-19,21-42,48,56-58H,20,43-47,49-50H2,1H3. The van der Waals surface area contributed by atoms with Crippen molar-refractivity contribution in [2.45, 2.75) is 86.4 Å². The molecule has 1 aromatic heterocycles. The highest BCUT2D eigenvalue weighted by Gasteiger charge is 2.73. The van der Waals surface area contributed by atoms with Crippen LogP contribution in [-0.2, 0) is 16.2 Å². The lowest BCUT2D eigenvalue weighted by Gasteiger charge is -2.71. The number of aryl methyl sites for hydroxylation is 1. The molecule has 2 spiro atoms. The van der Waals surface area contributed by atoms with Gasteiger partial charge in [-0.15, -0.1) is 0 Å². The van der Waals surface area contributed by atoms with E-state index in [0.29, 0.717) is 35.2 Å². The van der Waals surface area contributed by atoms with E-state index < -0.39 is 0 Å². The Morgan fingerprint density at radius 3 is 1.61 bits per heavy atom. The number of aromatic nitrogens is 3. The predicted octanol–water partition coefficient (Wildman–Crippen LogP) is 20.2. The van der Waals surface area contributed by atoms with E-state index in [9.17, 15) is 0 Å². The van der Waals surface area contributed by atoms with Crippen molar-refractivity contribution >= 4 is 21.5 Å². The summed E-state index contributed by atoms with van der Waals surface area (Å²) in [5, 5.41) is 4.69. The van der Waals surface area contributed by atoms with Crippen LogP contribution in [0.25, 0.3) is 100 Å². The van der Waals surface area contributed by atoms with Gasteiger partial charge in [-0.2, -0.15) is 0 Å². The van der Waals surface area contributed by atoms with Crippen molar-refractivity contribution in [3.05, 3.63) is 282 Å². The molecule has 4 bridgehead atoms. The van der Waals surface area contributed by atoms with Gasteiger partial charge in [-0.05, 0) is 175 Å². The summed E-state index contributed by atoms with van der Waals surface area (Å²) in [4.78, 5) is 16.0. The second-order valence-corrected chi connectivity index (χ2v) is 24.9. The Morgan fingerprint density at radius 2 is 0.880 bits per heavy atom. The predicted molar refractivity (Wildman–Crippen MR) is 341 cm³/mol. The molecule has 5 aliphatic rings. The molecule has 5 aliphatic carbocycles. The molecule has 11 aromatic carbocycles. The van der Waals surface area contributed by atoms with Gasteiger partial charge in [0.25, 0.3) is 0 Å². The molecule has 17 rings (SSSR count). The van der Waals surface area contributed by atoms with Gasteiger partial charge >= 0.3 is 0 Å². The lowest BCUT2D eigenvalue weighted by atomic mass is 9.31. The van der Waals surface area contributed by atoms with E-state index in [0.717, 1.165) is 53.1 Å². The number of hydrogen-bond donors (Lipinski definition) is 0. The first-order valence-electron chi connectivity index (χ1n) is 30.4. The molecule has 0 aliphatic heterocycles. The molecule has 6 atom stereocenters. The Bertz CT molecular complexity index is 4580. The Balaban J connectivity index is 0.922. The highest BCUT2D eigenvalue weighted by Crippen LogP contribution is 2.78. The lowest BCUT2D eigenvalue weighted by molar-refractivity contribution is -0.0512. The van der Waals surface area contributed by atoms with E-state index in [-0.39, 0.29) is 16.2 Å². The third kappa shape index (κ3) is 7.01. The van der Waals surface area contributed by atoms with E-state index in [1.165, 1.54) is 92.1 Å². The molecule has 3 heteroatoms. The molecule has 83 heavy (non-hydrogen) atoms. The number of hydrogen-bond acceptors (Lipinski definition) is 3. The monoisotopic (exact) mass is 1070 g/mol. The fourth-order valence-corrected chi connectivity index (χ4v) is 18.4. The average Bonchev–Trinajstić information content (AvgIpc) is 1.67. The Labute approximate surface area is 486 Å². The summed E-state index contributed by atoms with van der Waals surface area (Å²) in [6.45, 7) is 2.32. The smallest absolute Gasteiger partial charge is 0.164 e. The van der Waals surface area contributed by atoms with E-state index >= 15 is 0 Å². The molecule has 0 N–H and O–H groups in total. The number of nitrogens with zero attached hydrogens (tertiary/aromatic N) is 3. The maximum absolute atomic E-state index is 5.41. The van der Waals surface area contributed by atoms with Crippen LogP contribution in [0.4, 0.5) is 0 Å². The van der Waals surface area contributed by atoms with Crippen LogP contribution in [0.15, 0.2) is 249 Å². The van der Waals surface area contributed by atoms with Crippen LogP contribution < -0.4 is 0 Å². The second-order valence-electron chi connectivity index (χ2n) is 24.9. The molecular formula is C80H63N3. The lowest BCUT2D eigenvalue weighted by Crippen LogP contribution is -2.69. The molecule has 12 aromatic rings. The van der Waals surface area contributed by atoms with Gasteiger partial charge in [0.05, 0.1) is 0 Å². The van der Waals surface area contributed by atoms with Gasteiger partial charge in [-0.3, -0.25) is 0 Å². The molecular weight excluding hydrogens is 1000 g/mol. The summed E-state index contributed by atoms with van der Waals surface area (Å²) in [6, 6.07) is 94.8. The number of benzene rings is 11. The first kappa shape index (κ1) is 48.6. The van der Waals surface area contributed by atoms with Gasteiger partial charge in [0.2, 0.25) is 0 Å². The molecule has 398 valence electrons. The fourth-order valence-electron chi connectivity index (χ4n) is 18.4. The van der Waals surface area contributed by atoms with Crippen LogP contribution >= 0.6 is 0 Å². The third-order valence-corrected chi connectivity index (χ3v) is 21.3. The van der Waals surface area contributed by atoms with Gasteiger partial charge in [-0.25, -0.2) is 15.0 Å². The van der Waals surface area contributed by atoms with Crippen molar-refractivity contribution < 1.29 is 0 Å². The van der Waals surface area contributed by atoms with E-state index in [2.05, 4.69) is 256 Å². The summed E-state index contributed by atoms with van der Waals surface area (Å²) in [6.07, 6.45) is 9.31. The summed E-state index contributed by atoms with van der Waals surface area (Å²) in [5.41, 5.74) is 22.4. The first-order valence-corrected chi connectivity index (χ1v) is 30.4. The van der Waals surface area contributed by atoms with Crippen LogP contribution in [0.3, 0.4) is 0 Å². The Kier molecular flexibility index (Phi) is 11.0. The van der Waals surface area contributed by atoms with Gasteiger partial charge in [0.15, 0.2) is 17.5 Å². The van der Waals surface area contributed by atoms with Crippen molar-refractivity contribution in [3.63, 3.8) is 0 Å².